The van der Waals surface area contributed by atoms with Gasteiger partial charge in [0, 0.05) is 18.7 Å². The summed E-state index contributed by atoms with van der Waals surface area (Å²) < 4.78 is 15.7. The first-order chi connectivity index (χ1) is 11.7. The van der Waals surface area contributed by atoms with E-state index in [-0.39, 0.29) is 12.5 Å². The second-order valence-electron chi connectivity index (χ2n) is 5.19. The highest BCUT2D eigenvalue weighted by atomic mass is 32.1. The van der Waals surface area contributed by atoms with Gasteiger partial charge in [0.05, 0.1) is 10.2 Å². The fourth-order valence-corrected chi connectivity index (χ4v) is 3.71. The lowest BCUT2D eigenvalue weighted by Gasteiger charge is -2.18. The minimum atomic E-state index is -0.272. The van der Waals surface area contributed by atoms with E-state index in [9.17, 15) is 4.79 Å². The molecule has 0 radical (unpaired) electrons. The predicted molar refractivity (Wildman–Crippen MR) is 87.1 cm³/mol. The number of aryl methyl sites for hydroxylation is 1. The van der Waals surface area contributed by atoms with Crippen LogP contribution in [0.4, 0.5) is 0 Å². The summed E-state index contributed by atoms with van der Waals surface area (Å²) in [6, 6.07) is 3.90. The molecule has 124 valence electrons. The molecule has 24 heavy (non-hydrogen) atoms. The van der Waals surface area contributed by atoms with Crippen LogP contribution in [-0.4, -0.2) is 38.5 Å². The summed E-state index contributed by atoms with van der Waals surface area (Å²) in [4.78, 5) is 20.9. The molecule has 1 aliphatic rings. The van der Waals surface area contributed by atoms with Gasteiger partial charge in [-0.05, 0) is 6.92 Å². The van der Waals surface area contributed by atoms with Gasteiger partial charge >= 0.3 is 0 Å². The molecular weight excluding hydrogens is 330 g/mol. The molecule has 0 saturated heterocycles. The Labute approximate surface area is 141 Å². The number of hydrogen-bond acceptors (Lipinski definition) is 6. The van der Waals surface area contributed by atoms with Crippen LogP contribution < -0.4 is 14.3 Å². The van der Waals surface area contributed by atoms with Crippen molar-refractivity contribution in [2.24, 2.45) is 4.99 Å². The highest BCUT2D eigenvalue weighted by Gasteiger charge is 2.16. The summed E-state index contributed by atoms with van der Waals surface area (Å²) in [6.45, 7) is 3.88. The van der Waals surface area contributed by atoms with Crippen molar-refractivity contribution in [1.29, 1.82) is 0 Å². The molecule has 0 bridgehead atoms. The molecule has 4 rings (SSSR count). The second kappa shape index (κ2) is 6.08. The highest BCUT2D eigenvalue weighted by Crippen LogP contribution is 2.35. The number of nitrogens with zero attached hydrogens (tertiary/aromatic N) is 5. The van der Waals surface area contributed by atoms with Gasteiger partial charge in [0.2, 0.25) is 0 Å². The predicted octanol–water partition coefficient (Wildman–Crippen LogP) is 1.21. The molecule has 0 N–H and O–H groups in total. The first-order valence-corrected chi connectivity index (χ1v) is 8.39. The van der Waals surface area contributed by atoms with Gasteiger partial charge in [0.25, 0.3) is 5.91 Å². The standard InChI is InChI=1S/C15H15N5O3S/c1-2-20-10-5-11-12(23-4-3-22-11)6-13(10)24-15(20)18-14(21)7-19-9-16-8-17-19/h5-6,8-9H,2-4,7H2,1H3. The van der Waals surface area contributed by atoms with Crippen molar-refractivity contribution in [1.82, 2.24) is 19.3 Å². The number of benzene rings is 1. The zero-order valence-corrected chi connectivity index (χ0v) is 13.8. The molecule has 0 aliphatic carbocycles. The van der Waals surface area contributed by atoms with Crippen LogP contribution in [0.5, 0.6) is 11.5 Å². The van der Waals surface area contributed by atoms with E-state index in [2.05, 4.69) is 15.1 Å². The van der Waals surface area contributed by atoms with Crippen molar-refractivity contribution in [2.75, 3.05) is 13.2 Å². The Hall–Kier alpha value is -2.68. The molecule has 1 amide bonds. The van der Waals surface area contributed by atoms with E-state index in [0.29, 0.717) is 24.6 Å². The van der Waals surface area contributed by atoms with E-state index < -0.39 is 0 Å². The van der Waals surface area contributed by atoms with Gasteiger partial charge in [-0.3, -0.25) is 4.79 Å². The fourth-order valence-electron chi connectivity index (χ4n) is 2.59. The van der Waals surface area contributed by atoms with Gasteiger partial charge in [0.15, 0.2) is 16.3 Å². The van der Waals surface area contributed by atoms with Crippen LogP contribution in [0.25, 0.3) is 10.2 Å². The first-order valence-electron chi connectivity index (χ1n) is 7.57. The lowest BCUT2D eigenvalue weighted by Crippen LogP contribution is -2.18. The van der Waals surface area contributed by atoms with Crippen molar-refractivity contribution in [2.45, 2.75) is 20.0 Å². The Morgan fingerprint density at radius 2 is 2.12 bits per heavy atom. The summed E-state index contributed by atoms with van der Waals surface area (Å²) in [7, 11) is 0. The smallest absolute Gasteiger partial charge is 0.270 e. The van der Waals surface area contributed by atoms with Crippen molar-refractivity contribution in [3.05, 3.63) is 29.6 Å². The summed E-state index contributed by atoms with van der Waals surface area (Å²) in [5, 5.41) is 3.92. The number of rotatable bonds is 3. The van der Waals surface area contributed by atoms with Gasteiger partial charge < -0.3 is 14.0 Å². The zero-order chi connectivity index (χ0) is 16.5. The van der Waals surface area contributed by atoms with Crippen LogP contribution in [0.1, 0.15) is 6.92 Å². The van der Waals surface area contributed by atoms with Crippen LogP contribution in [0.15, 0.2) is 29.8 Å². The number of hydrogen-bond donors (Lipinski definition) is 0. The van der Waals surface area contributed by atoms with Crippen LogP contribution in [0.3, 0.4) is 0 Å². The van der Waals surface area contributed by atoms with Gasteiger partial charge in [-0.2, -0.15) is 10.1 Å². The molecule has 0 atom stereocenters. The van der Waals surface area contributed by atoms with E-state index in [1.165, 1.54) is 28.7 Å². The summed E-state index contributed by atoms with van der Waals surface area (Å²) in [5.74, 6) is 1.19. The Balaban J connectivity index is 1.77. The normalized spacial score (nSPS) is 14.3. The lowest BCUT2D eigenvalue weighted by atomic mass is 10.2. The Kier molecular flexibility index (Phi) is 3.77. The molecule has 2 aromatic heterocycles. The minimum absolute atomic E-state index is 0.0701. The SMILES string of the molecule is CCn1c(=NC(=O)Cn2cncn2)sc2cc3c(cc21)OCCO3. The number of carbonyl (C=O) groups is 1. The van der Waals surface area contributed by atoms with E-state index >= 15 is 0 Å². The molecule has 0 saturated carbocycles. The maximum atomic E-state index is 12.2. The van der Waals surface area contributed by atoms with Crippen LogP contribution in [-0.2, 0) is 17.9 Å². The average molecular weight is 345 g/mol. The van der Waals surface area contributed by atoms with Crippen LogP contribution >= 0.6 is 11.3 Å². The maximum absolute atomic E-state index is 12.2. The first kappa shape index (κ1) is 14.9. The number of fused-ring (bicyclic) bond motifs is 2. The maximum Gasteiger partial charge on any atom is 0.270 e. The van der Waals surface area contributed by atoms with E-state index in [4.69, 9.17) is 9.47 Å². The number of ether oxygens (including phenoxy) is 2. The quantitative estimate of drug-likeness (QED) is 0.712. The molecule has 8 nitrogen and oxygen atoms in total. The second-order valence-corrected chi connectivity index (χ2v) is 6.20. The molecule has 3 heterocycles. The van der Waals surface area contributed by atoms with Gasteiger partial charge in [0.1, 0.15) is 32.4 Å². The summed E-state index contributed by atoms with van der Waals surface area (Å²) in [5.41, 5.74) is 0.985. The summed E-state index contributed by atoms with van der Waals surface area (Å²) in [6.07, 6.45) is 2.89. The molecule has 9 heteroatoms. The Morgan fingerprint density at radius 1 is 1.33 bits per heavy atom. The molecule has 3 aromatic rings. The van der Waals surface area contributed by atoms with Gasteiger partial charge in [-0.1, -0.05) is 11.3 Å². The van der Waals surface area contributed by atoms with Crippen molar-refractivity contribution in [3.63, 3.8) is 0 Å². The molecule has 1 aromatic carbocycles. The average Bonchev–Trinajstić information content (AvgIpc) is 3.19. The van der Waals surface area contributed by atoms with E-state index in [1.807, 2.05) is 23.6 Å². The molecule has 0 unspecified atom stereocenters. The van der Waals surface area contributed by atoms with Crippen molar-refractivity contribution < 1.29 is 14.3 Å². The molecular formula is C15H15N5O3S. The molecule has 1 aliphatic heterocycles. The number of thiazole rings is 1. The van der Waals surface area contributed by atoms with Crippen molar-refractivity contribution in [3.8, 4) is 11.5 Å². The largest absolute Gasteiger partial charge is 0.486 e. The molecule has 0 fully saturated rings. The Bertz CT molecular complexity index is 958. The van der Waals surface area contributed by atoms with Gasteiger partial charge in [-0.25, -0.2) is 9.67 Å². The van der Waals surface area contributed by atoms with Crippen LogP contribution in [0, 0.1) is 0 Å². The lowest BCUT2D eigenvalue weighted by molar-refractivity contribution is -0.118. The number of amides is 1. The molecule has 0 spiro atoms. The van der Waals surface area contributed by atoms with Crippen molar-refractivity contribution >= 4 is 27.5 Å². The Morgan fingerprint density at radius 3 is 2.83 bits per heavy atom. The number of carbonyl (C=O) groups excluding carboxylic acids is 1. The van der Waals surface area contributed by atoms with E-state index in [1.54, 1.807) is 0 Å². The minimum Gasteiger partial charge on any atom is -0.486 e. The van der Waals surface area contributed by atoms with Gasteiger partial charge in [-0.15, -0.1) is 0 Å². The fraction of sp³-hybridized carbons (Fsp3) is 0.333. The third-order valence-corrected chi connectivity index (χ3v) is 4.69. The number of aromatic nitrogens is 4. The zero-order valence-electron chi connectivity index (χ0n) is 13.0. The third-order valence-electron chi connectivity index (χ3n) is 3.65. The topological polar surface area (TPSA) is 83.5 Å². The summed E-state index contributed by atoms with van der Waals surface area (Å²) >= 11 is 1.46. The monoisotopic (exact) mass is 345 g/mol. The van der Waals surface area contributed by atoms with Crippen LogP contribution in [0.2, 0.25) is 0 Å². The third kappa shape index (κ3) is 2.67. The van der Waals surface area contributed by atoms with E-state index in [0.717, 1.165) is 21.7 Å². The highest BCUT2D eigenvalue weighted by molar-refractivity contribution is 7.16.